The van der Waals surface area contributed by atoms with Gasteiger partial charge in [-0.25, -0.2) is 4.79 Å². The van der Waals surface area contributed by atoms with Gasteiger partial charge in [0.05, 0.1) is 25.3 Å². The van der Waals surface area contributed by atoms with Crippen molar-refractivity contribution in [3.05, 3.63) is 71.3 Å². The highest BCUT2D eigenvalue weighted by molar-refractivity contribution is 5.79. The van der Waals surface area contributed by atoms with E-state index in [4.69, 9.17) is 9.47 Å². The fraction of sp³-hybridized carbons (Fsp3) is 0.348. The van der Waals surface area contributed by atoms with E-state index in [9.17, 15) is 4.79 Å². The number of nitrogens with zero attached hydrogens (tertiary/aromatic N) is 1. The average Bonchev–Trinajstić information content (AvgIpc) is 2.99. The molecule has 1 saturated heterocycles. The minimum absolute atomic E-state index is 0.00634. The maximum Gasteiger partial charge on any atom is 0.410 e. The fourth-order valence-corrected chi connectivity index (χ4v) is 4.76. The molecule has 1 aliphatic carbocycles. The van der Waals surface area contributed by atoms with E-state index in [1.54, 1.807) is 0 Å². The molecule has 27 heavy (non-hydrogen) atoms. The number of carbonyl (C=O) groups excluding carboxylic acids is 1. The molecule has 2 bridgehead atoms. The van der Waals surface area contributed by atoms with Crippen LogP contribution in [-0.2, 0) is 9.47 Å². The van der Waals surface area contributed by atoms with E-state index in [-0.39, 0.29) is 24.1 Å². The van der Waals surface area contributed by atoms with Crippen LogP contribution in [0.5, 0.6) is 0 Å². The van der Waals surface area contributed by atoms with Crippen molar-refractivity contribution in [3.8, 4) is 11.1 Å². The molecule has 4 heteroatoms. The molecule has 2 aromatic rings. The summed E-state index contributed by atoms with van der Waals surface area (Å²) in [4.78, 5) is 14.8. The summed E-state index contributed by atoms with van der Waals surface area (Å²) < 4.78 is 11.5. The molecule has 0 N–H and O–H groups in total. The molecule has 1 fully saturated rings. The van der Waals surface area contributed by atoms with E-state index >= 15 is 0 Å². The predicted molar refractivity (Wildman–Crippen MR) is 104 cm³/mol. The lowest BCUT2D eigenvalue weighted by Crippen LogP contribution is -2.56. The number of hydrogen-bond donors (Lipinski definition) is 0. The zero-order valence-corrected chi connectivity index (χ0v) is 15.4. The van der Waals surface area contributed by atoms with Gasteiger partial charge in [0.1, 0.15) is 6.61 Å². The molecule has 2 aromatic carbocycles. The lowest BCUT2D eigenvalue weighted by atomic mass is 9.96. The number of amides is 1. The lowest BCUT2D eigenvalue weighted by Gasteiger charge is -2.43. The van der Waals surface area contributed by atoms with E-state index in [2.05, 4.69) is 61.5 Å². The molecule has 2 heterocycles. The number of rotatable bonds is 2. The quantitative estimate of drug-likeness (QED) is 0.746. The first-order valence-electron chi connectivity index (χ1n) is 9.60. The number of carbonyl (C=O) groups is 1. The van der Waals surface area contributed by atoms with Crippen LogP contribution in [-0.4, -0.2) is 42.9 Å². The molecule has 5 rings (SSSR count). The Kier molecular flexibility index (Phi) is 4.01. The van der Waals surface area contributed by atoms with Gasteiger partial charge >= 0.3 is 6.09 Å². The van der Waals surface area contributed by atoms with Gasteiger partial charge in [0.2, 0.25) is 0 Å². The monoisotopic (exact) mass is 361 g/mol. The number of fused-ring (bicyclic) bond motifs is 5. The summed E-state index contributed by atoms with van der Waals surface area (Å²) in [5.74, 6) is 0.0968. The Hall–Kier alpha value is -2.59. The fourth-order valence-electron chi connectivity index (χ4n) is 4.76. The van der Waals surface area contributed by atoms with Gasteiger partial charge in [-0.2, -0.15) is 0 Å². The summed E-state index contributed by atoms with van der Waals surface area (Å²) >= 11 is 0. The maximum atomic E-state index is 12.9. The molecule has 138 valence electrons. The summed E-state index contributed by atoms with van der Waals surface area (Å²) in [7, 11) is 0. The van der Waals surface area contributed by atoms with Gasteiger partial charge in [-0.3, -0.25) is 4.90 Å². The van der Waals surface area contributed by atoms with Crippen molar-refractivity contribution in [2.24, 2.45) is 0 Å². The minimum Gasteiger partial charge on any atom is -0.448 e. The molecular weight excluding hydrogens is 338 g/mol. The topological polar surface area (TPSA) is 38.8 Å². The number of hydrogen-bond acceptors (Lipinski definition) is 3. The van der Waals surface area contributed by atoms with Crippen molar-refractivity contribution < 1.29 is 14.3 Å². The van der Waals surface area contributed by atoms with Gasteiger partial charge in [-0.15, -0.1) is 0 Å². The zero-order chi connectivity index (χ0) is 18.4. The third-order valence-corrected chi connectivity index (χ3v) is 5.93. The molecular formula is C23H23NO3. The largest absolute Gasteiger partial charge is 0.448 e. The summed E-state index contributed by atoms with van der Waals surface area (Å²) in [6.07, 6.45) is 2.77. The molecule has 3 aliphatic rings. The number of ether oxygens (including phenoxy) is 2. The first kappa shape index (κ1) is 16.6. The third-order valence-electron chi connectivity index (χ3n) is 5.93. The second kappa shape index (κ2) is 6.54. The summed E-state index contributed by atoms with van der Waals surface area (Å²) in [5.41, 5.74) is 6.30. The summed E-state index contributed by atoms with van der Waals surface area (Å²) in [6.45, 7) is 3.64. The van der Waals surface area contributed by atoms with Crippen LogP contribution in [0.4, 0.5) is 4.79 Å². The number of morpholine rings is 1. The SMILES string of the molecule is CC1=CC2COCC(C1)N2C(=O)OCC1c2ccccc2-c2ccccc21. The van der Waals surface area contributed by atoms with Gasteiger partial charge < -0.3 is 9.47 Å². The van der Waals surface area contributed by atoms with E-state index in [1.807, 2.05) is 4.90 Å². The van der Waals surface area contributed by atoms with E-state index in [1.165, 1.54) is 27.8 Å². The van der Waals surface area contributed by atoms with E-state index in [0.717, 1.165) is 6.42 Å². The van der Waals surface area contributed by atoms with Gasteiger partial charge in [-0.1, -0.05) is 60.2 Å². The second-order valence-electron chi connectivity index (χ2n) is 7.69. The molecule has 0 spiro atoms. The highest BCUT2D eigenvalue weighted by atomic mass is 16.6. The van der Waals surface area contributed by atoms with Crippen molar-refractivity contribution in [1.82, 2.24) is 4.90 Å². The molecule has 1 amide bonds. The number of benzene rings is 2. The lowest BCUT2D eigenvalue weighted by molar-refractivity contribution is -0.0361. The Labute approximate surface area is 159 Å². The van der Waals surface area contributed by atoms with Crippen molar-refractivity contribution in [1.29, 1.82) is 0 Å². The molecule has 0 radical (unpaired) electrons. The van der Waals surface area contributed by atoms with Crippen LogP contribution in [0, 0.1) is 0 Å². The highest BCUT2D eigenvalue weighted by Gasteiger charge is 2.38. The van der Waals surface area contributed by atoms with Crippen LogP contribution in [0.3, 0.4) is 0 Å². The first-order chi connectivity index (χ1) is 13.2. The Balaban J connectivity index is 1.37. The van der Waals surface area contributed by atoms with Gasteiger partial charge in [0, 0.05) is 5.92 Å². The Bertz CT molecular complexity index is 874. The standard InChI is InChI=1S/C23H23NO3/c1-15-10-16-12-26-13-17(11-15)24(16)23(25)27-14-22-20-8-4-2-6-18(20)19-7-3-5-9-21(19)22/h2-10,16-17,22H,11-14H2,1H3. The van der Waals surface area contributed by atoms with Crippen molar-refractivity contribution in [2.75, 3.05) is 19.8 Å². The first-order valence-corrected chi connectivity index (χ1v) is 9.60. The van der Waals surface area contributed by atoms with Crippen LogP contribution in [0.25, 0.3) is 11.1 Å². The van der Waals surface area contributed by atoms with Crippen LogP contribution in [0.2, 0.25) is 0 Å². The third kappa shape index (κ3) is 2.76. The Morgan fingerprint density at radius 2 is 1.74 bits per heavy atom. The molecule has 2 unspecified atom stereocenters. The van der Waals surface area contributed by atoms with Gasteiger partial charge in [-0.05, 0) is 35.6 Å². The minimum atomic E-state index is -0.223. The molecule has 0 saturated carbocycles. The van der Waals surface area contributed by atoms with Crippen LogP contribution in [0.15, 0.2) is 60.2 Å². The van der Waals surface area contributed by atoms with Crippen LogP contribution < -0.4 is 0 Å². The van der Waals surface area contributed by atoms with Gasteiger partial charge in [0.15, 0.2) is 0 Å². The van der Waals surface area contributed by atoms with Crippen LogP contribution >= 0.6 is 0 Å². The predicted octanol–water partition coefficient (Wildman–Crippen LogP) is 4.35. The smallest absolute Gasteiger partial charge is 0.410 e. The van der Waals surface area contributed by atoms with Crippen molar-refractivity contribution in [2.45, 2.75) is 31.3 Å². The Morgan fingerprint density at radius 3 is 2.41 bits per heavy atom. The molecule has 2 aliphatic heterocycles. The van der Waals surface area contributed by atoms with E-state index < -0.39 is 0 Å². The normalized spacial score (nSPS) is 23.4. The zero-order valence-electron chi connectivity index (χ0n) is 15.4. The molecule has 4 nitrogen and oxygen atoms in total. The maximum absolute atomic E-state index is 12.9. The van der Waals surface area contributed by atoms with Crippen molar-refractivity contribution in [3.63, 3.8) is 0 Å². The van der Waals surface area contributed by atoms with Gasteiger partial charge in [0.25, 0.3) is 0 Å². The second-order valence-corrected chi connectivity index (χ2v) is 7.69. The van der Waals surface area contributed by atoms with Crippen molar-refractivity contribution >= 4 is 6.09 Å². The molecule has 2 atom stereocenters. The van der Waals surface area contributed by atoms with E-state index in [0.29, 0.717) is 19.8 Å². The average molecular weight is 361 g/mol. The summed E-state index contributed by atoms with van der Waals surface area (Å²) in [6, 6.07) is 16.9. The highest BCUT2D eigenvalue weighted by Crippen LogP contribution is 2.44. The summed E-state index contributed by atoms with van der Waals surface area (Å²) in [5, 5.41) is 0. The molecule has 0 aromatic heterocycles. The Morgan fingerprint density at radius 1 is 1.07 bits per heavy atom. The van der Waals surface area contributed by atoms with Crippen LogP contribution in [0.1, 0.15) is 30.4 Å².